The van der Waals surface area contributed by atoms with Crippen molar-refractivity contribution in [2.24, 2.45) is 5.92 Å². The van der Waals surface area contributed by atoms with Gasteiger partial charge in [-0.05, 0) is 44.6 Å². The van der Waals surface area contributed by atoms with Gasteiger partial charge >= 0.3 is 0 Å². The van der Waals surface area contributed by atoms with Crippen LogP contribution in [-0.4, -0.2) is 23.8 Å². The second kappa shape index (κ2) is 5.13. The van der Waals surface area contributed by atoms with Crippen molar-refractivity contribution in [1.29, 1.82) is 0 Å². The second-order valence-electron chi connectivity index (χ2n) is 5.08. The van der Waals surface area contributed by atoms with Crippen molar-refractivity contribution in [3.05, 3.63) is 0 Å². The summed E-state index contributed by atoms with van der Waals surface area (Å²) in [6.07, 6.45) is 10.1. The Kier molecular flexibility index (Phi) is 3.82. The summed E-state index contributed by atoms with van der Waals surface area (Å²) in [6, 6.07) is 0.786. The van der Waals surface area contributed by atoms with E-state index in [1.54, 1.807) is 0 Å². The number of aliphatic hydroxyl groups is 1. The molecule has 2 atom stereocenters. The third-order valence-electron chi connectivity index (χ3n) is 3.81. The van der Waals surface area contributed by atoms with E-state index in [-0.39, 0.29) is 6.10 Å². The summed E-state index contributed by atoms with van der Waals surface area (Å²) in [4.78, 5) is 0. The normalized spacial score (nSPS) is 34.9. The lowest BCUT2D eigenvalue weighted by molar-refractivity contribution is 0.0996. The van der Waals surface area contributed by atoms with Gasteiger partial charge in [0.15, 0.2) is 0 Å². The maximum Gasteiger partial charge on any atom is 0.0543 e. The van der Waals surface area contributed by atoms with Crippen LogP contribution in [0, 0.1) is 5.92 Å². The molecule has 14 heavy (non-hydrogen) atoms. The van der Waals surface area contributed by atoms with E-state index in [1.165, 1.54) is 38.5 Å². The monoisotopic (exact) mass is 197 g/mol. The van der Waals surface area contributed by atoms with Gasteiger partial charge in [-0.1, -0.05) is 19.3 Å². The number of hydrogen-bond acceptors (Lipinski definition) is 2. The Balaban J connectivity index is 1.64. The summed E-state index contributed by atoms with van der Waals surface area (Å²) in [5, 5.41) is 13.2. The van der Waals surface area contributed by atoms with Gasteiger partial charge in [-0.15, -0.1) is 0 Å². The van der Waals surface area contributed by atoms with Crippen LogP contribution in [0.5, 0.6) is 0 Å². The van der Waals surface area contributed by atoms with E-state index >= 15 is 0 Å². The molecule has 0 aromatic heterocycles. The van der Waals surface area contributed by atoms with Gasteiger partial charge in [0.2, 0.25) is 0 Å². The molecule has 2 unspecified atom stereocenters. The number of rotatable bonds is 3. The summed E-state index contributed by atoms with van der Waals surface area (Å²) >= 11 is 0. The molecule has 2 rings (SSSR count). The zero-order valence-electron chi connectivity index (χ0n) is 9.04. The molecular weight excluding hydrogens is 174 g/mol. The van der Waals surface area contributed by atoms with Crippen LogP contribution in [0.2, 0.25) is 0 Å². The molecule has 2 aliphatic rings. The molecule has 2 aliphatic carbocycles. The van der Waals surface area contributed by atoms with Crippen LogP contribution in [0.25, 0.3) is 0 Å². The van der Waals surface area contributed by atoms with E-state index in [4.69, 9.17) is 0 Å². The topological polar surface area (TPSA) is 32.3 Å². The molecule has 2 heteroatoms. The van der Waals surface area contributed by atoms with Crippen LogP contribution in [0.4, 0.5) is 0 Å². The molecule has 2 nitrogen and oxygen atoms in total. The summed E-state index contributed by atoms with van der Waals surface area (Å²) in [5.74, 6) is 0.736. The van der Waals surface area contributed by atoms with Gasteiger partial charge in [0, 0.05) is 6.04 Å². The average molecular weight is 197 g/mol. The molecule has 0 aromatic carbocycles. The Morgan fingerprint density at radius 3 is 2.50 bits per heavy atom. The van der Waals surface area contributed by atoms with Crippen molar-refractivity contribution >= 4 is 0 Å². The van der Waals surface area contributed by atoms with Gasteiger partial charge in [0.1, 0.15) is 0 Å². The SMILES string of the molecule is OC1CCCC(CNC2CCCC2)C1. The van der Waals surface area contributed by atoms with Crippen LogP contribution in [-0.2, 0) is 0 Å². The van der Waals surface area contributed by atoms with Crippen LogP contribution in [0.15, 0.2) is 0 Å². The van der Waals surface area contributed by atoms with E-state index in [0.29, 0.717) is 0 Å². The Hall–Kier alpha value is -0.0800. The lowest BCUT2D eigenvalue weighted by Gasteiger charge is -2.27. The summed E-state index contributed by atoms with van der Waals surface area (Å²) < 4.78 is 0. The van der Waals surface area contributed by atoms with E-state index in [9.17, 15) is 5.11 Å². The number of aliphatic hydroxyl groups excluding tert-OH is 1. The quantitative estimate of drug-likeness (QED) is 0.726. The minimum atomic E-state index is -0.0147. The van der Waals surface area contributed by atoms with Gasteiger partial charge < -0.3 is 10.4 Å². The first-order valence-electron chi connectivity index (χ1n) is 6.26. The van der Waals surface area contributed by atoms with Crippen molar-refractivity contribution in [1.82, 2.24) is 5.32 Å². The number of nitrogens with one attached hydrogen (secondary N) is 1. The molecule has 2 fully saturated rings. The maximum absolute atomic E-state index is 9.54. The van der Waals surface area contributed by atoms with Crippen LogP contribution in [0.1, 0.15) is 51.4 Å². The van der Waals surface area contributed by atoms with E-state index in [1.807, 2.05) is 0 Å². The molecular formula is C12H23NO. The van der Waals surface area contributed by atoms with Gasteiger partial charge in [-0.2, -0.15) is 0 Å². The highest BCUT2D eigenvalue weighted by molar-refractivity contribution is 4.78. The molecule has 2 saturated carbocycles. The van der Waals surface area contributed by atoms with Crippen LogP contribution in [0.3, 0.4) is 0 Å². The van der Waals surface area contributed by atoms with Crippen molar-refractivity contribution in [3.8, 4) is 0 Å². The maximum atomic E-state index is 9.54. The minimum absolute atomic E-state index is 0.0147. The fourth-order valence-corrected chi connectivity index (χ4v) is 2.91. The molecule has 0 spiro atoms. The van der Waals surface area contributed by atoms with Gasteiger partial charge in [0.05, 0.1) is 6.10 Å². The highest BCUT2D eigenvalue weighted by Gasteiger charge is 2.21. The smallest absolute Gasteiger partial charge is 0.0543 e. The highest BCUT2D eigenvalue weighted by atomic mass is 16.3. The summed E-state index contributed by atoms with van der Waals surface area (Å²) in [7, 11) is 0. The lowest BCUT2D eigenvalue weighted by atomic mass is 9.87. The molecule has 0 amide bonds. The van der Waals surface area contributed by atoms with Crippen molar-refractivity contribution < 1.29 is 5.11 Å². The zero-order chi connectivity index (χ0) is 9.80. The third-order valence-corrected chi connectivity index (χ3v) is 3.81. The molecule has 2 N–H and O–H groups in total. The molecule has 0 radical (unpaired) electrons. The Bertz CT molecular complexity index is 166. The zero-order valence-corrected chi connectivity index (χ0v) is 9.04. The van der Waals surface area contributed by atoms with Crippen LogP contribution >= 0.6 is 0 Å². The lowest BCUT2D eigenvalue weighted by Crippen LogP contribution is -2.34. The molecule has 0 heterocycles. The van der Waals surface area contributed by atoms with Crippen LogP contribution < -0.4 is 5.32 Å². The molecule has 0 bridgehead atoms. The average Bonchev–Trinajstić information content (AvgIpc) is 2.67. The molecule has 82 valence electrons. The summed E-state index contributed by atoms with van der Waals surface area (Å²) in [6.45, 7) is 1.14. The van der Waals surface area contributed by atoms with E-state index in [2.05, 4.69) is 5.32 Å². The fraction of sp³-hybridized carbons (Fsp3) is 1.00. The molecule has 0 aliphatic heterocycles. The minimum Gasteiger partial charge on any atom is -0.393 e. The second-order valence-corrected chi connectivity index (χ2v) is 5.08. The highest BCUT2D eigenvalue weighted by Crippen LogP contribution is 2.24. The van der Waals surface area contributed by atoms with Gasteiger partial charge in [-0.25, -0.2) is 0 Å². The van der Waals surface area contributed by atoms with Crippen molar-refractivity contribution in [2.75, 3.05) is 6.54 Å². The van der Waals surface area contributed by atoms with Crippen molar-refractivity contribution in [3.63, 3.8) is 0 Å². The van der Waals surface area contributed by atoms with Gasteiger partial charge in [-0.3, -0.25) is 0 Å². The molecule has 0 saturated heterocycles. The Morgan fingerprint density at radius 1 is 1.00 bits per heavy atom. The largest absolute Gasteiger partial charge is 0.393 e. The van der Waals surface area contributed by atoms with E-state index < -0.39 is 0 Å². The predicted octanol–water partition coefficient (Wildman–Crippen LogP) is 2.07. The van der Waals surface area contributed by atoms with Crippen molar-refractivity contribution in [2.45, 2.75) is 63.5 Å². The molecule has 0 aromatic rings. The standard InChI is InChI=1S/C12H23NO/c14-12-7-3-4-10(8-12)9-13-11-5-1-2-6-11/h10-14H,1-9H2. The summed E-state index contributed by atoms with van der Waals surface area (Å²) in [5.41, 5.74) is 0. The Labute approximate surface area is 87.1 Å². The first-order valence-corrected chi connectivity index (χ1v) is 6.26. The fourth-order valence-electron chi connectivity index (χ4n) is 2.91. The third kappa shape index (κ3) is 2.96. The first kappa shape index (κ1) is 10.4. The Morgan fingerprint density at radius 2 is 1.79 bits per heavy atom. The predicted molar refractivity (Wildman–Crippen MR) is 58.2 cm³/mol. The number of hydrogen-bond donors (Lipinski definition) is 2. The van der Waals surface area contributed by atoms with Gasteiger partial charge in [0.25, 0.3) is 0 Å². The van der Waals surface area contributed by atoms with E-state index in [0.717, 1.165) is 31.3 Å². The first-order chi connectivity index (χ1) is 6.84.